The Kier molecular flexibility index (Phi) is 8.54. The third-order valence-electron chi connectivity index (χ3n) is 5.83. The Balaban J connectivity index is 1.64. The molecule has 2 aromatic heterocycles. The zero-order valence-electron chi connectivity index (χ0n) is 23.1. The fraction of sp³-hybridized carbons (Fsp3) is 0.348. The molecule has 1 aromatic carbocycles. The highest BCUT2D eigenvalue weighted by molar-refractivity contribution is 7.88. The van der Waals surface area contributed by atoms with Gasteiger partial charge in [0.25, 0.3) is 5.91 Å². The minimum absolute atomic E-state index is 0.0260. The van der Waals surface area contributed by atoms with Gasteiger partial charge in [0.05, 0.1) is 37.5 Å². The van der Waals surface area contributed by atoms with Crippen LogP contribution < -0.4 is 25.4 Å². The van der Waals surface area contributed by atoms with Gasteiger partial charge in [0.15, 0.2) is 11.5 Å². The number of ether oxygens (including phenoxy) is 1. The van der Waals surface area contributed by atoms with Crippen LogP contribution in [0.5, 0.6) is 5.75 Å². The summed E-state index contributed by atoms with van der Waals surface area (Å²) < 4.78 is 32.5. The highest BCUT2D eigenvalue weighted by Gasteiger charge is 2.30. The molecule has 0 bridgehead atoms. The van der Waals surface area contributed by atoms with Crippen LogP contribution in [0.1, 0.15) is 23.3 Å². The van der Waals surface area contributed by atoms with Gasteiger partial charge in [-0.2, -0.15) is 5.10 Å². The second kappa shape index (κ2) is 11.7. The Morgan fingerprint density at radius 2 is 1.93 bits per heavy atom. The summed E-state index contributed by atoms with van der Waals surface area (Å²) in [7, 11) is 3.82. The Bertz CT molecular complexity index is 1520. The van der Waals surface area contributed by atoms with Gasteiger partial charge in [-0.25, -0.2) is 13.1 Å². The van der Waals surface area contributed by atoms with Gasteiger partial charge in [-0.3, -0.25) is 14.3 Å². The average Bonchev–Trinajstić information content (AvgIpc) is 3.61. The number of hydrogen-bond donors (Lipinski definition) is 4. The van der Waals surface area contributed by atoms with E-state index in [1.807, 2.05) is 35.7 Å². The van der Waals surface area contributed by atoms with Gasteiger partial charge in [0.1, 0.15) is 29.3 Å². The number of rotatable bonds is 12. The van der Waals surface area contributed by atoms with Gasteiger partial charge in [-0.1, -0.05) is 12.1 Å². The third-order valence-corrected chi connectivity index (χ3v) is 6.56. The first-order chi connectivity index (χ1) is 18.8. The van der Waals surface area contributed by atoms with Crippen molar-refractivity contribution in [3.05, 3.63) is 42.4 Å². The molecule has 0 saturated heterocycles. The molecule has 2 amide bonds. The lowest BCUT2D eigenvalue weighted by atomic mass is 9.49. The Labute approximate surface area is 235 Å². The van der Waals surface area contributed by atoms with E-state index in [-0.39, 0.29) is 29.9 Å². The summed E-state index contributed by atoms with van der Waals surface area (Å²) in [6.07, 6.45) is 6.22. The number of benzene rings is 1. The van der Waals surface area contributed by atoms with Gasteiger partial charge in [0.2, 0.25) is 15.9 Å². The Hall–Kier alpha value is -3.85. The van der Waals surface area contributed by atoms with Crippen LogP contribution in [0.4, 0.5) is 17.2 Å². The first-order valence-corrected chi connectivity index (χ1v) is 14.6. The number of nitrogens with zero attached hydrogens (tertiary/aromatic N) is 4. The van der Waals surface area contributed by atoms with Crippen LogP contribution in [0.2, 0.25) is 0 Å². The summed E-state index contributed by atoms with van der Waals surface area (Å²) in [5.41, 5.74) is 2.40. The van der Waals surface area contributed by atoms with Gasteiger partial charge in [0, 0.05) is 35.9 Å². The highest BCUT2D eigenvalue weighted by atomic mass is 32.2. The average molecular weight is 564 g/mol. The summed E-state index contributed by atoms with van der Waals surface area (Å²) in [6, 6.07) is 7.04. The summed E-state index contributed by atoms with van der Waals surface area (Å²) in [5.74, 6) is 0.128. The van der Waals surface area contributed by atoms with Crippen molar-refractivity contribution < 1.29 is 22.7 Å². The number of nitrogens with one attached hydrogen (secondary N) is 4. The Morgan fingerprint density at radius 3 is 2.58 bits per heavy atom. The molecule has 40 heavy (non-hydrogen) atoms. The second-order valence-electron chi connectivity index (χ2n) is 10.6. The van der Waals surface area contributed by atoms with Crippen molar-refractivity contribution in [1.82, 2.24) is 30.0 Å². The van der Waals surface area contributed by atoms with E-state index in [0.717, 1.165) is 30.2 Å². The number of para-hydroxylation sites is 1. The molecule has 1 fully saturated rings. The highest BCUT2D eigenvalue weighted by Crippen LogP contribution is 2.38. The molecule has 0 unspecified atom stereocenters. The second-order valence-corrected chi connectivity index (χ2v) is 12.5. The Morgan fingerprint density at radius 1 is 1.18 bits per heavy atom. The van der Waals surface area contributed by atoms with Crippen molar-refractivity contribution in [2.24, 2.45) is 5.92 Å². The fourth-order valence-corrected chi connectivity index (χ4v) is 4.35. The lowest BCUT2D eigenvalue weighted by molar-refractivity contribution is -0.117. The molecule has 0 spiro atoms. The lowest BCUT2D eigenvalue weighted by Crippen LogP contribution is -2.50. The van der Waals surface area contributed by atoms with Gasteiger partial charge in [-0.15, -0.1) is 10.2 Å². The van der Waals surface area contributed by atoms with Crippen LogP contribution in [-0.4, -0.2) is 88.9 Å². The summed E-state index contributed by atoms with van der Waals surface area (Å²) >= 11 is 0. The molecule has 0 radical (unpaired) electrons. The first kappa shape index (κ1) is 29.1. The van der Waals surface area contributed by atoms with Crippen LogP contribution in [0.3, 0.4) is 0 Å². The number of hydrogen-bond acceptors (Lipinski definition) is 9. The third kappa shape index (κ3) is 7.85. The number of aromatic nitrogens is 4. The molecule has 1 aliphatic rings. The van der Waals surface area contributed by atoms with E-state index >= 15 is 0 Å². The molecule has 3 aromatic rings. The van der Waals surface area contributed by atoms with Gasteiger partial charge >= 0.3 is 0 Å². The maximum atomic E-state index is 13.1. The van der Waals surface area contributed by atoms with E-state index in [1.165, 1.54) is 7.11 Å². The SMILES string of the molecule is BC(B)(B)NC(=O)c1nnc(NC(=O)C2CC2)cc1Nc1cccc(-c2cnn(CCNS(C)(=O)=O)c2)c1OC. The zero-order valence-corrected chi connectivity index (χ0v) is 23.9. The molecule has 4 N–H and O–H groups in total. The molecular weight excluding hydrogens is 533 g/mol. The smallest absolute Gasteiger partial charge is 0.272 e. The van der Waals surface area contributed by atoms with Crippen molar-refractivity contribution in [3.63, 3.8) is 0 Å². The van der Waals surface area contributed by atoms with Crippen LogP contribution in [0, 0.1) is 5.92 Å². The minimum Gasteiger partial charge on any atom is -0.494 e. The number of anilines is 3. The lowest BCUT2D eigenvalue weighted by Gasteiger charge is -2.22. The quantitative estimate of drug-likeness (QED) is 0.186. The largest absolute Gasteiger partial charge is 0.494 e. The molecule has 0 aliphatic heterocycles. The number of amides is 2. The van der Waals surface area contributed by atoms with Crippen LogP contribution in [-0.2, 0) is 21.4 Å². The molecule has 17 heteroatoms. The van der Waals surface area contributed by atoms with Crippen molar-refractivity contribution in [1.29, 1.82) is 0 Å². The summed E-state index contributed by atoms with van der Waals surface area (Å²) in [4.78, 5) is 25.4. The van der Waals surface area contributed by atoms with Crippen molar-refractivity contribution >= 4 is 62.6 Å². The molecule has 2 heterocycles. The molecule has 13 nitrogen and oxygen atoms in total. The molecular formula is C23H31B3N8O5S. The van der Waals surface area contributed by atoms with E-state index in [2.05, 4.69) is 36.0 Å². The van der Waals surface area contributed by atoms with Gasteiger partial charge < -0.3 is 20.7 Å². The van der Waals surface area contributed by atoms with E-state index in [0.29, 0.717) is 23.7 Å². The molecule has 0 atom stereocenters. The number of methoxy groups -OCH3 is 1. The zero-order chi connectivity index (χ0) is 29.1. The molecule has 1 saturated carbocycles. The maximum Gasteiger partial charge on any atom is 0.272 e. The van der Waals surface area contributed by atoms with Crippen molar-refractivity contribution in [3.8, 4) is 16.9 Å². The molecule has 208 valence electrons. The van der Waals surface area contributed by atoms with Crippen LogP contribution >= 0.6 is 0 Å². The van der Waals surface area contributed by atoms with Gasteiger partial charge in [-0.05, 0) is 24.1 Å². The normalized spacial score (nSPS) is 13.4. The molecule has 1 aliphatic carbocycles. The minimum atomic E-state index is -3.30. The predicted molar refractivity (Wildman–Crippen MR) is 160 cm³/mol. The topological polar surface area (TPSA) is 169 Å². The van der Waals surface area contributed by atoms with Crippen molar-refractivity contribution in [2.75, 3.05) is 30.5 Å². The summed E-state index contributed by atoms with van der Waals surface area (Å²) in [6.45, 7) is 0.546. The van der Waals surface area contributed by atoms with E-state index < -0.39 is 21.2 Å². The van der Waals surface area contributed by atoms with E-state index in [9.17, 15) is 18.0 Å². The van der Waals surface area contributed by atoms with E-state index in [4.69, 9.17) is 4.74 Å². The van der Waals surface area contributed by atoms with Crippen molar-refractivity contribution in [2.45, 2.75) is 24.6 Å². The van der Waals surface area contributed by atoms with Crippen LogP contribution in [0.15, 0.2) is 36.7 Å². The monoisotopic (exact) mass is 564 g/mol. The number of carbonyl (C=O) groups excluding carboxylic acids is 2. The number of carbonyl (C=O) groups is 2. The van der Waals surface area contributed by atoms with E-state index in [1.54, 1.807) is 29.2 Å². The van der Waals surface area contributed by atoms with Crippen LogP contribution in [0.25, 0.3) is 11.1 Å². The maximum absolute atomic E-state index is 13.1. The fourth-order valence-electron chi connectivity index (χ4n) is 3.89. The molecule has 4 rings (SSSR count). The summed E-state index contributed by atoms with van der Waals surface area (Å²) in [5, 5.41) is 20.9. The standard InChI is InChI=1S/C23H31B3N8O5S/c1-39-20-15(14-11-27-34(12-14)9-8-28-40(2,37)38)4-3-5-16(20)29-17-10-18(30-21(35)13-6-7-13)32-33-19(17)22(36)31-23(24,25)26/h3-5,10-13,28H,6-9,24-26H2,1-2H3,(H,31,36)(H2,29,30,32,35). The predicted octanol–water partition coefficient (Wildman–Crippen LogP) is -1.77. The first-order valence-electron chi connectivity index (χ1n) is 12.8. The number of sulfonamides is 1.